The molecule has 0 atom stereocenters. The molecule has 90 valence electrons. The highest BCUT2D eigenvalue weighted by Crippen LogP contribution is 2.17. The Morgan fingerprint density at radius 1 is 1.41 bits per heavy atom. The Hall–Kier alpha value is -1.40. The van der Waals surface area contributed by atoms with Crippen molar-refractivity contribution in [2.24, 2.45) is 0 Å². The van der Waals surface area contributed by atoms with Gasteiger partial charge in [-0.1, -0.05) is 6.07 Å². The van der Waals surface area contributed by atoms with Crippen LogP contribution in [0.15, 0.2) is 36.7 Å². The van der Waals surface area contributed by atoms with Crippen LogP contribution >= 0.6 is 10.7 Å². The summed E-state index contributed by atoms with van der Waals surface area (Å²) < 4.78 is 36.7. The molecule has 7 heteroatoms. The van der Waals surface area contributed by atoms with Gasteiger partial charge in [-0.3, -0.25) is 0 Å². The minimum absolute atomic E-state index is 0.255. The summed E-state index contributed by atoms with van der Waals surface area (Å²) in [7, 11) is 1.41. The Balaban J connectivity index is 2.36. The predicted octanol–water partition coefficient (Wildman–Crippen LogP) is 2.08. The Labute approximate surface area is 102 Å². The second-order valence-electron chi connectivity index (χ2n) is 3.42. The van der Waals surface area contributed by atoms with Crippen LogP contribution in [0.3, 0.4) is 0 Å². The van der Waals surface area contributed by atoms with E-state index in [1.165, 1.54) is 23.0 Å². The largest absolute Gasteiger partial charge is 0.238 e. The van der Waals surface area contributed by atoms with Crippen molar-refractivity contribution >= 4 is 19.7 Å². The number of halogens is 2. The molecule has 0 fully saturated rings. The van der Waals surface area contributed by atoms with Crippen LogP contribution in [0, 0.1) is 5.82 Å². The lowest BCUT2D eigenvalue weighted by Gasteiger charge is -2.05. The number of rotatable bonds is 3. The fourth-order valence-electron chi connectivity index (χ4n) is 1.44. The quantitative estimate of drug-likeness (QED) is 0.805. The standard InChI is InChI=1S/C10H8ClFN2O2S/c11-17(15,16)7-8-2-3-10(9(12)6-8)14-5-1-4-13-14/h1-6H,7H2. The molecule has 0 aliphatic carbocycles. The SMILES string of the molecule is O=S(=O)(Cl)Cc1ccc(-n2cccn2)c(F)c1. The maximum atomic E-state index is 13.7. The van der Waals surface area contributed by atoms with Crippen molar-refractivity contribution in [3.8, 4) is 5.69 Å². The van der Waals surface area contributed by atoms with Gasteiger partial charge in [-0.25, -0.2) is 17.5 Å². The Bertz CT molecular complexity index is 626. The topological polar surface area (TPSA) is 52.0 Å². The van der Waals surface area contributed by atoms with Crippen LogP contribution < -0.4 is 0 Å². The first-order chi connectivity index (χ1) is 7.96. The van der Waals surface area contributed by atoms with Gasteiger partial charge in [0.25, 0.3) is 0 Å². The summed E-state index contributed by atoms with van der Waals surface area (Å²) in [5.74, 6) is -0.947. The smallest absolute Gasteiger partial charge is 0.236 e. The lowest BCUT2D eigenvalue weighted by molar-refractivity contribution is 0.604. The maximum Gasteiger partial charge on any atom is 0.236 e. The maximum absolute atomic E-state index is 13.7. The minimum atomic E-state index is -3.68. The lowest BCUT2D eigenvalue weighted by atomic mass is 10.2. The molecule has 0 bridgehead atoms. The van der Waals surface area contributed by atoms with Crippen LogP contribution in [0.1, 0.15) is 5.56 Å². The second-order valence-corrected chi connectivity index (χ2v) is 6.20. The molecule has 1 aromatic carbocycles. The molecule has 0 N–H and O–H groups in total. The van der Waals surface area contributed by atoms with Crippen molar-refractivity contribution in [1.29, 1.82) is 0 Å². The summed E-state index contributed by atoms with van der Waals surface area (Å²) in [5.41, 5.74) is 0.555. The van der Waals surface area contributed by atoms with Gasteiger partial charge in [-0.15, -0.1) is 0 Å². The van der Waals surface area contributed by atoms with E-state index in [0.717, 1.165) is 6.07 Å². The fourth-order valence-corrected chi connectivity index (χ4v) is 2.39. The van der Waals surface area contributed by atoms with Crippen molar-refractivity contribution in [2.45, 2.75) is 5.75 Å². The molecule has 0 saturated carbocycles. The number of benzene rings is 1. The summed E-state index contributed by atoms with van der Waals surface area (Å²) >= 11 is 0. The fraction of sp³-hybridized carbons (Fsp3) is 0.100. The van der Waals surface area contributed by atoms with Gasteiger partial charge in [0, 0.05) is 23.1 Å². The first-order valence-corrected chi connectivity index (χ1v) is 7.14. The van der Waals surface area contributed by atoms with E-state index in [1.807, 2.05) is 0 Å². The number of hydrogen-bond acceptors (Lipinski definition) is 3. The Morgan fingerprint density at radius 2 is 2.18 bits per heavy atom. The number of nitrogens with zero attached hydrogens (tertiary/aromatic N) is 2. The van der Waals surface area contributed by atoms with E-state index in [4.69, 9.17) is 10.7 Å². The zero-order valence-electron chi connectivity index (χ0n) is 8.55. The highest BCUT2D eigenvalue weighted by molar-refractivity contribution is 8.13. The molecule has 2 aromatic rings. The minimum Gasteiger partial charge on any atom is -0.238 e. The van der Waals surface area contributed by atoms with Crippen LogP contribution in [-0.2, 0) is 14.8 Å². The third-order valence-corrected chi connectivity index (χ3v) is 3.11. The molecule has 17 heavy (non-hydrogen) atoms. The third kappa shape index (κ3) is 3.04. The summed E-state index contributed by atoms with van der Waals surface area (Å²) in [4.78, 5) is 0. The van der Waals surface area contributed by atoms with Gasteiger partial charge in [0.05, 0.1) is 5.75 Å². The molecular formula is C10H8ClFN2O2S. The molecule has 0 radical (unpaired) electrons. The van der Waals surface area contributed by atoms with Gasteiger partial charge in [0.15, 0.2) is 0 Å². The first-order valence-electron chi connectivity index (χ1n) is 4.66. The zero-order valence-corrected chi connectivity index (χ0v) is 10.1. The zero-order chi connectivity index (χ0) is 12.5. The molecule has 4 nitrogen and oxygen atoms in total. The highest BCUT2D eigenvalue weighted by atomic mass is 35.7. The summed E-state index contributed by atoms with van der Waals surface area (Å²) in [5, 5.41) is 3.88. The van der Waals surface area contributed by atoms with Crippen LogP contribution in [-0.4, -0.2) is 18.2 Å². The summed E-state index contributed by atoms with van der Waals surface area (Å²) in [6.07, 6.45) is 3.12. The van der Waals surface area contributed by atoms with E-state index >= 15 is 0 Å². The molecule has 0 aliphatic rings. The van der Waals surface area contributed by atoms with Crippen LogP contribution in [0.5, 0.6) is 0 Å². The van der Waals surface area contributed by atoms with E-state index in [9.17, 15) is 12.8 Å². The van der Waals surface area contributed by atoms with Gasteiger partial charge in [0.2, 0.25) is 9.05 Å². The normalized spacial score (nSPS) is 11.6. The molecule has 0 aliphatic heterocycles. The second kappa shape index (κ2) is 4.46. The summed E-state index contributed by atoms with van der Waals surface area (Å²) in [6, 6.07) is 5.76. The van der Waals surface area contributed by atoms with E-state index < -0.39 is 20.6 Å². The molecule has 0 spiro atoms. The average molecular weight is 275 g/mol. The molecule has 2 rings (SSSR count). The molecule has 0 unspecified atom stereocenters. The van der Waals surface area contributed by atoms with E-state index in [-0.39, 0.29) is 5.69 Å². The van der Waals surface area contributed by atoms with E-state index in [1.54, 1.807) is 12.3 Å². The van der Waals surface area contributed by atoms with E-state index in [2.05, 4.69) is 5.10 Å². The van der Waals surface area contributed by atoms with Gasteiger partial charge < -0.3 is 0 Å². The van der Waals surface area contributed by atoms with E-state index in [0.29, 0.717) is 5.56 Å². The highest BCUT2D eigenvalue weighted by Gasteiger charge is 2.11. The molecule has 1 aromatic heterocycles. The summed E-state index contributed by atoms with van der Waals surface area (Å²) in [6.45, 7) is 0. The molecule has 1 heterocycles. The monoisotopic (exact) mass is 274 g/mol. The predicted molar refractivity (Wildman–Crippen MR) is 62.0 cm³/mol. The van der Waals surface area contributed by atoms with Crippen molar-refractivity contribution in [3.05, 3.63) is 48.0 Å². The van der Waals surface area contributed by atoms with Crippen molar-refractivity contribution in [3.63, 3.8) is 0 Å². The number of aromatic nitrogens is 2. The first kappa shape index (κ1) is 12.1. The van der Waals surface area contributed by atoms with Gasteiger partial charge in [0.1, 0.15) is 11.5 Å². The molecule has 0 saturated heterocycles. The van der Waals surface area contributed by atoms with Crippen LogP contribution in [0.2, 0.25) is 0 Å². The van der Waals surface area contributed by atoms with Crippen molar-refractivity contribution in [2.75, 3.05) is 0 Å². The van der Waals surface area contributed by atoms with Crippen molar-refractivity contribution in [1.82, 2.24) is 9.78 Å². The van der Waals surface area contributed by atoms with Crippen molar-refractivity contribution < 1.29 is 12.8 Å². The van der Waals surface area contributed by atoms with Gasteiger partial charge >= 0.3 is 0 Å². The third-order valence-electron chi connectivity index (χ3n) is 2.10. The average Bonchev–Trinajstić information content (AvgIpc) is 2.68. The van der Waals surface area contributed by atoms with Gasteiger partial charge in [-0.05, 0) is 23.8 Å². The lowest BCUT2D eigenvalue weighted by Crippen LogP contribution is -2.01. The van der Waals surface area contributed by atoms with Gasteiger partial charge in [-0.2, -0.15) is 5.10 Å². The Kier molecular flexibility index (Phi) is 3.17. The Morgan fingerprint density at radius 3 is 2.71 bits per heavy atom. The van der Waals surface area contributed by atoms with Crippen LogP contribution in [0.4, 0.5) is 4.39 Å². The molecule has 0 amide bonds. The van der Waals surface area contributed by atoms with Crippen LogP contribution in [0.25, 0.3) is 5.69 Å². The number of hydrogen-bond donors (Lipinski definition) is 0. The molecular weight excluding hydrogens is 267 g/mol.